The number of amides is 1. The van der Waals surface area contributed by atoms with Crippen LogP contribution in [0.3, 0.4) is 0 Å². The zero-order valence-corrected chi connectivity index (χ0v) is 17.1. The summed E-state index contributed by atoms with van der Waals surface area (Å²) in [5.41, 5.74) is 2.24. The Kier molecular flexibility index (Phi) is 7.13. The van der Waals surface area contributed by atoms with Gasteiger partial charge in [0, 0.05) is 5.56 Å². The van der Waals surface area contributed by atoms with Gasteiger partial charge in [0.25, 0.3) is 5.91 Å². The molecule has 0 spiro atoms. The number of ether oxygens (including phenoxy) is 2. The van der Waals surface area contributed by atoms with Crippen LogP contribution in [-0.4, -0.2) is 24.1 Å². The average molecular weight is 420 g/mol. The Bertz CT molecular complexity index is 1040. The van der Waals surface area contributed by atoms with Gasteiger partial charge in [-0.05, 0) is 54.2 Å². The summed E-state index contributed by atoms with van der Waals surface area (Å²) in [4.78, 5) is 24.3. The van der Waals surface area contributed by atoms with Crippen LogP contribution in [0, 0.1) is 0 Å². The van der Waals surface area contributed by atoms with E-state index in [9.17, 15) is 9.59 Å². The van der Waals surface area contributed by atoms with Crippen molar-refractivity contribution in [1.29, 1.82) is 0 Å². The van der Waals surface area contributed by atoms with Crippen LogP contribution >= 0.6 is 12.2 Å². The summed E-state index contributed by atoms with van der Waals surface area (Å²) in [6.07, 6.45) is 0. The molecule has 152 valence electrons. The van der Waals surface area contributed by atoms with Gasteiger partial charge in [0.1, 0.15) is 12.4 Å². The largest absolute Gasteiger partial charge is 0.489 e. The van der Waals surface area contributed by atoms with E-state index in [4.69, 9.17) is 21.7 Å². The number of anilines is 1. The fourth-order valence-electron chi connectivity index (χ4n) is 2.65. The molecular formula is C23H20N2O4S. The van der Waals surface area contributed by atoms with Crippen molar-refractivity contribution in [3.05, 3.63) is 95.6 Å². The molecule has 0 aromatic heterocycles. The van der Waals surface area contributed by atoms with Gasteiger partial charge >= 0.3 is 5.97 Å². The molecule has 6 nitrogen and oxygen atoms in total. The second-order valence-electron chi connectivity index (χ2n) is 6.24. The molecule has 1 amide bonds. The second-order valence-corrected chi connectivity index (χ2v) is 6.65. The molecule has 0 fully saturated rings. The van der Waals surface area contributed by atoms with E-state index in [0.717, 1.165) is 5.56 Å². The molecule has 7 heteroatoms. The topological polar surface area (TPSA) is 76.7 Å². The van der Waals surface area contributed by atoms with E-state index in [2.05, 4.69) is 10.6 Å². The minimum atomic E-state index is -0.502. The summed E-state index contributed by atoms with van der Waals surface area (Å²) >= 11 is 5.20. The van der Waals surface area contributed by atoms with E-state index in [0.29, 0.717) is 29.2 Å². The van der Waals surface area contributed by atoms with Gasteiger partial charge in [-0.1, -0.05) is 42.5 Å². The summed E-state index contributed by atoms with van der Waals surface area (Å²) in [5, 5.41) is 5.52. The molecule has 0 bridgehead atoms. The van der Waals surface area contributed by atoms with Crippen molar-refractivity contribution >= 4 is 34.9 Å². The zero-order valence-electron chi connectivity index (χ0n) is 16.3. The Labute approximate surface area is 179 Å². The van der Waals surface area contributed by atoms with Crippen LogP contribution in [0.15, 0.2) is 78.9 Å². The summed E-state index contributed by atoms with van der Waals surface area (Å²) in [6, 6.07) is 23.3. The predicted octanol–water partition coefficient (Wildman–Crippen LogP) is 4.18. The first-order valence-corrected chi connectivity index (χ1v) is 9.54. The van der Waals surface area contributed by atoms with Gasteiger partial charge < -0.3 is 14.8 Å². The van der Waals surface area contributed by atoms with Crippen LogP contribution in [0.4, 0.5) is 5.69 Å². The fourth-order valence-corrected chi connectivity index (χ4v) is 2.86. The van der Waals surface area contributed by atoms with E-state index in [1.54, 1.807) is 48.5 Å². The smallest absolute Gasteiger partial charge is 0.339 e. The van der Waals surface area contributed by atoms with Crippen LogP contribution in [0.25, 0.3) is 0 Å². The molecule has 0 aliphatic heterocycles. The number of carbonyl (C=O) groups is 2. The van der Waals surface area contributed by atoms with Crippen LogP contribution < -0.4 is 15.4 Å². The lowest BCUT2D eigenvalue weighted by atomic mass is 10.2. The number of benzene rings is 3. The summed E-state index contributed by atoms with van der Waals surface area (Å²) in [5.74, 6) is -0.223. The van der Waals surface area contributed by atoms with E-state index in [-0.39, 0.29) is 11.0 Å². The van der Waals surface area contributed by atoms with Gasteiger partial charge in [-0.15, -0.1) is 0 Å². The number of rotatable bonds is 6. The first kappa shape index (κ1) is 21.0. The molecule has 0 aliphatic carbocycles. The number of hydrogen-bond donors (Lipinski definition) is 2. The highest BCUT2D eigenvalue weighted by molar-refractivity contribution is 7.80. The number of carbonyl (C=O) groups excluding carboxylic acids is 2. The molecular weight excluding hydrogens is 400 g/mol. The number of thiocarbonyl (C=S) groups is 1. The maximum absolute atomic E-state index is 12.4. The normalized spacial score (nSPS) is 10.0. The first-order chi connectivity index (χ1) is 14.6. The van der Waals surface area contributed by atoms with Gasteiger partial charge in [0.05, 0.1) is 18.4 Å². The van der Waals surface area contributed by atoms with Crippen molar-refractivity contribution < 1.29 is 19.1 Å². The van der Waals surface area contributed by atoms with Crippen molar-refractivity contribution in [2.75, 3.05) is 12.4 Å². The third kappa shape index (κ3) is 5.65. The second kappa shape index (κ2) is 10.2. The minimum absolute atomic E-state index is 0.0701. The maximum atomic E-state index is 12.4. The van der Waals surface area contributed by atoms with Crippen molar-refractivity contribution in [3.63, 3.8) is 0 Å². The summed E-state index contributed by atoms with van der Waals surface area (Å²) < 4.78 is 10.5. The van der Waals surface area contributed by atoms with Gasteiger partial charge in [0.2, 0.25) is 0 Å². The Balaban J connectivity index is 1.57. The lowest BCUT2D eigenvalue weighted by Gasteiger charge is -2.12. The molecule has 3 aromatic carbocycles. The Hall–Kier alpha value is -3.71. The highest BCUT2D eigenvalue weighted by Gasteiger charge is 2.13. The van der Waals surface area contributed by atoms with Gasteiger partial charge in [-0.2, -0.15) is 0 Å². The lowest BCUT2D eigenvalue weighted by Crippen LogP contribution is -2.34. The molecule has 2 N–H and O–H groups in total. The van der Waals surface area contributed by atoms with E-state index >= 15 is 0 Å². The number of nitrogens with one attached hydrogen (secondary N) is 2. The van der Waals surface area contributed by atoms with Crippen LogP contribution in [0.2, 0.25) is 0 Å². The Morgan fingerprint density at radius 3 is 2.27 bits per heavy atom. The molecule has 0 radical (unpaired) electrons. The maximum Gasteiger partial charge on any atom is 0.339 e. The van der Waals surface area contributed by atoms with E-state index < -0.39 is 5.97 Å². The van der Waals surface area contributed by atoms with Crippen molar-refractivity contribution in [1.82, 2.24) is 5.32 Å². The fraction of sp³-hybridized carbons (Fsp3) is 0.0870. The SMILES string of the molecule is COC(=O)c1ccccc1NC(=S)NC(=O)c1ccc(OCc2ccccc2)cc1. The third-order valence-electron chi connectivity index (χ3n) is 4.17. The molecule has 0 aliphatic rings. The molecule has 0 saturated heterocycles. The van der Waals surface area contributed by atoms with Gasteiger partial charge in [0.15, 0.2) is 5.11 Å². The van der Waals surface area contributed by atoms with Crippen molar-refractivity contribution in [2.45, 2.75) is 6.61 Å². The molecule has 3 rings (SSSR count). The number of para-hydroxylation sites is 1. The first-order valence-electron chi connectivity index (χ1n) is 9.13. The highest BCUT2D eigenvalue weighted by Crippen LogP contribution is 2.17. The Morgan fingerprint density at radius 1 is 0.900 bits per heavy atom. The van der Waals surface area contributed by atoms with E-state index in [1.165, 1.54) is 7.11 Å². The molecule has 0 saturated carbocycles. The van der Waals surface area contributed by atoms with Crippen molar-refractivity contribution in [2.24, 2.45) is 0 Å². The monoisotopic (exact) mass is 420 g/mol. The van der Waals surface area contributed by atoms with Crippen molar-refractivity contribution in [3.8, 4) is 5.75 Å². The number of hydrogen-bond acceptors (Lipinski definition) is 5. The van der Waals surface area contributed by atoms with Crippen LogP contribution in [-0.2, 0) is 11.3 Å². The lowest BCUT2D eigenvalue weighted by molar-refractivity contribution is 0.0602. The third-order valence-corrected chi connectivity index (χ3v) is 4.38. The standard InChI is InChI=1S/C23H20N2O4S/c1-28-22(27)19-9-5-6-10-20(19)24-23(30)25-21(26)17-11-13-18(14-12-17)29-15-16-7-3-2-4-8-16/h2-14H,15H2,1H3,(H2,24,25,26,30). The molecule has 0 atom stereocenters. The Morgan fingerprint density at radius 2 is 1.57 bits per heavy atom. The minimum Gasteiger partial charge on any atom is -0.489 e. The van der Waals surface area contributed by atoms with Crippen LogP contribution in [0.1, 0.15) is 26.3 Å². The molecule has 30 heavy (non-hydrogen) atoms. The number of methoxy groups -OCH3 is 1. The highest BCUT2D eigenvalue weighted by atomic mass is 32.1. The van der Waals surface area contributed by atoms with E-state index in [1.807, 2.05) is 30.3 Å². The number of esters is 1. The summed E-state index contributed by atoms with van der Waals surface area (Å²) in [6.45, 7) is 0.444. The van der Waals surface area contributed by atoms with Crippen LogP contribution in [0.5, 0.6) is 5.75 Å². The summed E-state index contributed by atoms with van der Waals surface area (Å²) in [7, 11) is 1.30. The van der Waals surface area contributed by atoms with Gasteiger partial charge in [-0.25, -0.2) is 4.79 Å². The molecule has 0 unspecified atom stereocenters. The quantitative estimate of drug-likeness (QED) is 0.460. The molecule has 3 aromatic rings. The molecule has 0 heterocycles. The average Bonchev–Trinajstić information content (AvgIpc) is 2.78. The predicted molar refractivity (Wildman–Crippen MR) is 119 cm³/mol. The zero-order chi connectivity index (χ0) is 21.3. The van der Waals surface area contributed by atoms with Gasteiger partial charge in [-0.3, -0.25) is 10.1 Å².